The summed E-state index contributed by atoms with van der Waals surface area (Å²) in [6, 6.07) is 9.63. The lowest BCUT2D eigenvalue weighted by atomic mass is 10.1. The molecule has 0 radical (unpaired) electrons. The van der Waals surface area contributed by atoms with Gasteiger partial charge in [-0.1, -0.05) is 30.3 Å². The maximum Gasteiger partial charge on any atom is 0.0916 e. The van der Waals surface area contributed by atoms with Crippen molar-refractivity contribution in [2.45, 2.75) is 19.1 Å². The number of aliphatic hydroxyl groups excluding tert-OH is 2. The van der Waals surface area contributed by atoms with Gasteiger partial charge in [0.25, 0.3) is 0 Å². The third-order valence-corrected chi connectivity index (χ3v) is 2.66. The zero-order valence-corrected chi connectivity index (χ0v) is 9.30. The van der Waals surface area contributed by atoms with Gasteiger partial charge in [-0.15, -0.1) is 0 Å². The van der Waals surface area contributed by atoms with Crippen LogP contribution in [-0.4, -0.2) is 41.4 Å². The van der Waals surface area contributed by atoms with Crippen molar-refractivity contribution in [2.24, 2.45) is 0 Å². The van der Waals surface area contributed by atoms with Crippen molar-refractivity contribution in [3.05, 3.63) is 35.9 Å². The first-order chi connectivity index (χ1) is 7.15. The van der Waals surface area contributed by atoms with E-state index in [0.717, 1.165) is 5.56 Å². The van der Waals surface area contributed by atoms with E-state index in [1.54, 1.807) is 0 Å². The minimum Gasteiger partial charge on any atom is -0.395 e. The van der Waals surface area contributed by atoms with Crippen LogP contribution in [0.25, 0.3) is 0 Å². The van der Waals surface area contributed by atoms with E-state index in [1.165, 1.54) is 0 Å². The average molecular weight is 209 g/mol. The summed E-state index contributed by atoms with van der Waals surface area (Å²) in [6.45, 7) is 2.57. The number of nitrogens with zero attached hydrogens (tertiary/aromatic N) is 1. The van der Waals surface area contributed by atoms with Gasteiger partial charge in [0.2, 0.25) is 0 Å². The largest absolute Gasteiger partial charge is 0.395 e. The van der Waals surface area contributed by atoms with Gasteiger partial charge in [0, 0.05) is 12.6 Å². The first-order valence-electron chi connectivity index (χ1n) is 5.19. The summed E-state index contributed by atoms with van der Waals surface area (Å²) in [5.74, 6) is 0. The predicted molar refractivity (Wildman–Crippen MR) is 60.6 cm³/mol. The fraction of sp³-hybridized carbons (Fsp3) is 0.500. The maximum atomic E-state index is 9.91. The summed E-state index contributed by atoms with van der Waals surface area (Å²) in [5, 5.41) is 18.9. The molecular weight excluding hydrogens is 190 g/mol. The Morgan fingerprint density at radius 1 is 1.27 bits per heavy atom. The van der Waals surface area contributed by atoms with Crippen LogP contribution >= 0.6 is 0 Å². The molecule has 0 aliphatic rings. The van der Waals surface area contributed by atoms with Gasteiger partial charge < -0.3 is 10.2 Å². The highest BCUT2D eigenvalue weighted by Gasteiger charge is 2.13. The van der Waals surface area contributed by atoms with Crippen LogP contribution in [0.3, 0.4) is 0 Å². The van der Waals surface area contributed by atoms with Gasteiger partial charge in [0.1, 0.15) is 0 Å². The maximum absolute atomic E-state index is 9.91. The lowest BCUT2D eigenvalue weighted by molar-refractivity contribution is 0.0862. The van der Waals surface area contributed by atoms with Crippen molar-refractivity contribution in [3.63, 3.8) is 0 Å². The van der Waals surface area contributed by atoms with Gasteiger partial charge in [0.15, 0.2) is 0 Å². The van der Waals surface area contributed by atoms with E-state index >= 15 is 0 Å². The van der Waals surface area contributed by atoms with Gasteiger partial charge in [-0.05, 0) is 19.5 Å². The third kappa shape index (κ3) is 3.63. The highest BCUT2D eigenvalue weighted by atomic mass is 16.3. The van der Waals surface area contributed by atoms with Crippen molar-refractivity contribution < 1.29 is 10.2 Å². The average Bonchev–Trinajstić information content (AvgIpc) is 2.29. The highest BCUT2D eigenvalue weighted by molar-refractivity contribution is 5.17. The van der Waals surface area contributed by atoms with E-state index in [4.69, 9.17) is 5.11 Å². The van der Waals surface area contributed by atoms with E-state index in [9.17, 15) is 5.11 Å². The Balaban J connectivity index is 2.52. The number of hydrogen-bond acceptors (Lipinski definition) is 3. The molecule has 1 aromatic rings. The molecule has 0 heterocycles. The Kier molecular flexibility index (Phi) is 4.75. The summed E-state index contributed by atoms with van der Waals surface area (Å²) >= 11 is 0. The molecular formula is C12H19NO2. The molecule has 0 saturated heterocycles. The molecule has 0 bridgehead atoms. The third-order valence-electron chi connectivity index (χ3n) is 2.66. The molecule has 0 aliphatic carbocycles. The second kappa shape index (κ2) is 5.85. The van der Waals surface area contributed by atoms with E-state index in [2.05, 4.69) is 0 Å². The number of rotatable bonds is 5. The van der Waals surface area contributed by atoms with E-state index in [1.807, 2.05) is 49.2 Å². The standard InChI is InChI=1S/C12H19NO2/c1-10(9-14)13(2)8-12(15)11-6-4-3-5-7-11/h3-7,10,12,14-15H,8-9H2,1-2H3. The molecule has 3 nitrogen and oxygen atoms in total. The molecule has 0 fully saturated rings. The van der Waals surface area contributed by atoms with Crippen LogP contribution in [0.1, 0.15) is 18.6 Å². The number of benzene rings is 1. The smallest absolute Gasteiger partial charge is 0.0916 e. The molecule has 0 amide bonds. The van der Waals surface area contributed by atoms with Crippen molar-refractivity contribution in [1.29, 1.82) is 0 Å². The summed E-state index contributed by atoms with van der Waals surface area (Å²) in [6.07, 6.45) is -0.495. The van der Waals surface area contributed by atoms with Crippen molar-refractivity contribution >= 4 is 0 Å². The Labute approximate surface area is 91.0 Å². The second-order valence-electron chi connectivity index (χ2n) is 3.90. The lowest BCUT2D eigenvalue weighted by Gasteiger charge is -2.25. The van der Waals surface area contributed by atoms with Gasteiger partial charge >= 0.3 is 0 Å². The minimum absolute atomic E-state index is 0.0726. The molecule has 3 heteroatoms. The van der Waals surface area contributed by atoms with Crippen LogP contribution in [0, 0.1) is 0 Å². The molecule has 1 aromatic carbocycles. The molecule has 0 spiro atoms. The summed E-state index contributed by atoms with van der Waals surface area (Å²) in [4.78, 5) is 1.94. The Hall–Kier alpha value is -0.900. The lowest BCUT2D eigenvalue weighted by Crippen LogP contribution is -2.35. The molecule has 0 aliphatic heterocycles. The summed E-state index contributed by atoms with van der Waals surface area (Å²) < 4.78 is 0. The number of likely N-dealkylation sites (N-methyl/N-ethyl adjacent to an activating group) is 1. The Morgan fingerprint density at radius 2 is 1.87 bits per heavy atom. The first kappa shape index (κ1) is 12.2. The molecule has 2 atom stereocenters. The SMILES string of the molecule is CC(CO)N(C)CC(O)c1ccccc1. The first-order valence-corrected chi connectivity index (χ1v) is 5.19. The monoisotopic (exact) mass is 209 g/mol. The van der Waals surface area contributed by atoms with E-state index in [0.29, 0.717) is 6.54 Å². The van der Waals surface area contributed by atoms with Crippen LogP contribution in [0.5, 0.6) is 0 Å². The Bertz CT molecular complexity index is 276. The molecule has 0 aromatic heterocycles. The van der Waals surface area contributed by atoms with Crippen LogP contribution < -0.4 is 0 Å². The second-order valence-corrected chi connectivity index (χ2v) is 3.90. The molecule has 2 N–H and O–H groups in total. The fourth-order valence-corrected chi connectivity index (χ4v) is 1.37. The van der Waals surface area contributed by atoms with Gasteiger partial charge in [-0.25, -0.2) is 0 Å². The van der Waals surface area contributed by atoms with Crippen molar-refractivity contribution in [3.8, 4) is 0 Å². The molecule has 84 valence electrons. The normalized spacial score (nSPS) is 15.3. The van der Waals surface area contributed by atoms with Crippen molar-refractivity contribution in [1.82, 2.24) is 4.90 Å². The topological polar surface area (TPSA) is 43.7 Å². The number of aliphatic hydroxyl groups is 2. The zero-order chi connectivity index (χ0) is 11.3. The predicted octanol–water partition coefficient (Wildman–Crippen LogP) is 1.03. The minimum atomic E-state index is -0.495. The van der Waals surface area contributed by atoms with Gasteiger partial charge in [-0.2, -0.15) is 0 Å². The van der Waals surface area contributed by atoms with Gasteiger partial charge in [-0.3, -0.25) is 4.90 Å². The van der Waals surface area contributed by atoms with E-state index < -0.39 is 6.10 Å². The van der Waals surface area contributed by atoms with Crippen LogP contribution in [0.2, 0.25) is 0 Å². The molecule has 15 heavy (non-hydrogen) atoms. The number of hydrogen-bond donors (Lipinski definition) is 2. The summed E-state index contributed by atoms with van der Waals surface area (Å²) in [7, 11) is 1.90. The molecule has 2 unspecified atom stereocenters. The quantitative estimate of drug-likeness (QED) is 0.761. The zero-order valence-electron chi connectivity index (χ0n) is 9.30. The fourth-order valence-electron chi connectivity index (χ4n) is 1.37. The van der Waals surface area contributed by atoms with Crippen LogP contribution in [0.15, 0.2) is 30.3 Å². The Morgan fingerprint density at radius 3 is 2.40 bits per heavy atom. The molecule has 1 rings (SSSR count). The summed E-state index contributed by atoms with van der Waals surface area (Å²) in [5.41, 5.74) is 0.912. The van der Waals surface area contributed by atoms with Crippen LogP contribution in [0.4, 0.5) is 0 Å². The highest BCUT2D eigenvalue weighted by Crippen LogP contribution is 2.13. The van der Waals surface area contributed by atoms with E-state index in [-0.39, 0.29) is 12.6 Å². The van der Waals surface area contributed by atoms with Crippen LogP contribution in [-0.2, 0) is 0 Å². The van der Waals surface area contributed by atoms with Crippen molar-refractivity contribution in [2.75, 3.05) is 20.2 Å². The molecule has 0 saturated carbocycles. The van der Waals surface area contributed by atoms with Gasteiger partial charge in [0.05, 0.1) is 12.7 Å².